The van der Waals surface area contributed by atoms with Crippen molar-refractivity contribution in [3.63, 3.8) is 0 Å². The number of rotatable bonds is 8. The van der Waals surface area contributed by atoms with Crippen LogP contribution in [0.2, 0.25) is 0 Å². The minimum atomic E-state index is -0.0175. The van der Waals surface area contributed by atoms with Gasteiger partial charge in [0, 0.05) is 24.7 Å². The van der Waals surface area contributed by atoms with E-state index in [-0.39, 0.29) is 11.8 Å². The summed E-state index contributed by atoms with van der Waals surface area (Å²) in [5.74, 6) is 0.861. The molecule has 0 saturated heterocycles. The van der Waals surface area contributed by atoms with Crippen LogP contribution in [0.4, 0.5) is 5.69 Å². The minimum absolute atomic E-state index is 0.0175. The Hall–Kier alpha value is -2.04. The molecule has 1 aromatic rings. The highest BCUT2D eigenvalue weighted by Crippen LogP contribution is 2.11. The maximum absolute atomic E-state index is 11.7. The monoisotopic (exact) mass is 318 g/mol. The van der Waals surface area contributed by atoms with Crippen molar-refractivity contribution in [3.8, 4) is 0 Å². The first-order chi connectivity index (χ1) is 11.1. The fraction of sp³-hybridized carbons (Fsp3) is 0.556. The first-order valence-corrected chi connectivity index (χ1v) is 8.48. The summed E-state index contributed by atoms with van der Waals surface area (Å²) in [6.45, 7) is 10.4. The van der Waals surface area contributed by atoms with Gasteiger partial charge in [-0.2, -0.15) is 0 Å². The number of anilines is 1. The fourth-order valence-electron chi connectivity index (χ4n) is 1.88. The molecule has 0 unspecified atom stereocenters. The molecule has 0 aliphatic carbocycles. The molecule has 0 radical (unpaired) electrons. The van der Waals surface area contributed by atoms with Crippen LogP contribution in [0.5, 0.6) is 0 Å². The molecule has 3 N–H and O–H groups in total. The van der Waals surface area contributed by atoms with Gasteiger partial charge >= 0.3 is 0 Å². The van der Waals surface area contributed by atoms with Crippen molar-refractivity contribution < 1.29 is 4.79 Å². The van der Waals surface area contributed by atoms with Crippen molar-refractivity contribution in [2.45, 2.75) is 47.1 Å². The fourth-order valence-corrected chi connectivity index (χ4v) is 1.88. The highest BCUT2D eigenvalue weighted by Gasteiger charge is 2.06. The summed E-state index contributed by atoms with van der Waals surface area (Å²) >= 11 is 0. The summed E-state index contributed by atoms with van der Waals surface area (Å²) in [5, 5.41) is 9.46. The largest absolute Gasteiger partial charge is 0.357 e. The molecule has 0 fully saturated rings. The molecule has 0 spiro atoms. The van der Waals surface area contributed by atoms with Crippen LogP contribution < -0.4 is 16.0 Å². The second kappa shape index (κ2) is 10.6. The zero-order valence-electron chi connectivity index (χ0n) is 14.8. The molecule has 1 rings (SSSR count). The van der Waals surface area contributed by atoms with Gasteiger partial charge in [-0.05, 0) is 31.0 Å². The van der Waals surface area contributed by atoms with E-state index < -0.39 is 0 Å². The lowest BCUT2D eigenvalue weighted by atomic mass is 10.2. The number of aliphatic imine (C=N–C) groups is 1. The van der Waals surface area contributed by atoms with Crippen LogP contribution in [-0.4, -0.2) is 25.0 Å². The number of hydrogen-bond acceptors (Lipinski definition) is 2. The third-order valence-electron chi connectivity index (χ3n) is 3.33. The first-order valence-electron chi connectivity index (χ1n) is 8.48. The van der Waals surface area contributed by atoms with Gasteiger partial charge in [0.15, 0.2) is 5.96 Å². The quantitative estimate of drug-likeness (QED) is 0.392. The van der Waals surface area contributed by atoms with Crippen LogP contribution >= 0.6 is 0 Å². The molecule has 5 heteroatoms. The second-order valence-electron chi connectivity index (χ2n) is 5.82. The average Bonchev–Trinajstić information content (AvgIpc) is 2.54. The molecule has 0 aromatic heterocycles. The van der Waals surface area contributed by atoms with Gasteiger partial charge in [0.2, 0.25) is 5.91 Å². The molecule has 128 valence electrons. The van der Waals surface area contributed by atoms with Crippen molar-refractivity contribution in [2.24, 2.45) is 10.9 Å². The molecule has 0 bridgehead atoms. The van der Waals surface area contributed by atoms with Gasteiger partial charge in [0.1, 0.15) is 0 Å². The summed E-state index contributed by atoms with van der Waals surface area (Å²) in [6, 6.07) is 7.83. The Morgan fingerprint density at radius 1 is 1.13 bits per heavy atom. The second-order valence-corrected chi connectivity index (χ2v) is 5.82. The number of nitrogens with one attached hydrogen (secondary N) is 3. The number of amides is 1. The predicted octanol–water partition coefficient (Wildman–Crippen LogP) is 3.14. The molecular weight excluding hydrogens is 288 g/mol. The molecule has 0 atom stereocenters. The number of nitrogens with zero attached hydrogens (tertiary/aromatic N) is 1. The summed E-state index contributed by atoms with van der Waals surface area (Å²) in [7, 11) is 0. The van der Waals surface area contributed by atoms with E-state index in [4.69, 9.17) is 0 Å². The summed E-state index contributed by atoms with van der Waals surface area (Å²) in [5.41, 5.74) is 1.93. The number of benzene rings is 1. The Morgan fingerprint density at radius 3 is 2.39 bits per heavy atom. The Balaban J connectivity index is 2.57. The van der Waals surface area contributed by atoms with Gasteiger partial charge < -0.3 is 16.0 Å². The Morgan fingerprint density at radius 2 is 1.83 bits per heavy atom. The molecule has 0 aliphatic rings. The predicted molar refractivity (Wildman–Crippen MR) is 97.6 cm³/mol. The Kier molecular flexibility index (Phi) is 8.80. The molecule has 0 saturated carbocycles. The van der Waals surface area contributed by atoms with E-state index >= 15 is 0 Å². The number of guanidine groups is 1. The van der Waals surface area contributed by atoms with Gasteiger partial charge in [0.25, 0.3) is 0 Å². The van der Waals surface area contributed by atoms with Crippen molar-refractivity contribution in [3.05, 3.63) is 29.8 Å². The third-order valence-corrected chi connectivity index (χ3v) is 3.33. The zero-order chi connectivity index (χ0) is 17.1. The maximum Gasteiger partial charge on any atom is 0.226 e. The highest BCUT2D eigenvalue weighted by atomic mass is 16.1. The molecule has 0 heterocycles. The van der Waals surface area contributed by atoms with Gasteiger partial charge in [0.05, 0.1) is 6.54 Å². The highest BCUT2D eigenvalue weighted by molar-refractivity contribution is 5.92. The van der Waals surface area contributed by atoms with Crippen LogP contribution in [-0.2, 0) is 11.3 Å². The van der Waals surface area contributed by atoms with Gasteiger partial charge in [-0.1, -0.05) is 39.3 Å². The maximum atomic E-state index is 11.7. The van der Waals surface area contributed by atoms with E-state index in [0.29, 0.717) is 6.54 Å². The van der Waals surface area contributed by atoms with Crippen molar-refractivity contribution in [2.75, 3.05) is 18.4 Å². The van der Waals surface area contributed by atoms with Crippen molar-refractivity contribution >= 4 is 17.6 Å². The van der Waals surface area contributed by atoms with E-state index in [1.54, 1.807) is 0 Å². The molecule has 5 nitrogen and oxygen atoms in total. The molecule has 23 heavy (non-hydrogen) atoms. The Labute approximate surface area is 140 Å². The van der Waals surface area contributed by atoms with Crippen LogP contribution in [0.15, 0.2) is 29.3 Å². The van der Waals surface area contributed by atoms with Gasteiger partial charge in [-0.3, -0.25) is 4.79 Å². The standard InChI is InChI=1S/C18H30N4O/c1-5-7-12-20-18(19-6-2)21-13-15-8-10-16(11-9-15)22-17(23)14(3)4/h8-11,14H,5-7,12-13H2,1-4H3,(H,22,23)(H2,19,20,21). The number of carbonyl (C=O) groups is 1. The van der Waals surface area contributed by atoms with E-state index in [1.807, 2.05) is 38.1 Å². The van der Waals surface area contributed by atoms with Crippen LogP contribution in [0.25, 0.3) is 0 Å². The van der Waals surface area contributed by atoms with E-state index in [2.05, 4.69) is 34.8 Å². The number of hydrogen-bond donors (Lipinski definition) is 3. The smallest absolute Gasteiger partial charge is 0.226 e. The van der Waals surface area contributed by atoms with E-state index in [1.165, 1.54) is 0 Å². The lowest BCUT2D eigenvalue weighted by Gasteiger charge is -2.11. The lowest BCUT2D eigenvalue weighted by Crippen LogP contribution is -2.37. The minimum Gasteiger partial charge on any atom is -0.357 e. The average molecular weight is 318 g/mol. The molecular formula is C18H30N4O. The van der Waals surface area contributed by atoms with Crippen molar-refractivity contribution in [1.82, 2.24) is 10.6 Å². The summed E-state index contributed by atoms with van der Waals surface area (Å²) in [6.07, 6.45) is 2.30. The van der Waals surface area contributed by atoms with E-state index in [9.17, 15) is 4.79 Å². The topological polar surface area (TPSA) is 65.5 Å². The number of unbranched alkanes of at least 4 members (excludes halogenated alkanes) is 1. The third kappa shape index (κ3) is 7.68. The number of carbonyl (C=O) groups excluding carboxylic acids is 1. The molecule has 1 amide bonds. The van der Waals surface area contributed by atoms with Crippen LogP contribution in [0.1, 0.15) is 46.1 Å². The van der Waals surface area contributed by atoms with Gasteiger partial charge in [-0.15, -0.1) is 0 Å². The molecule has 1 aromatic carbocycles. The Bertz CT molecular complexity index is 494. The summed E-state index contributed by atoms with van der Waals surface area (Å²) < 4.78 is 0. The van der Waals surface area contributed by atoms with Crippen molar-refractivity contribution in [1.29, 1.82) is 0 Å². The lowest BCUT2D eigenvalue weighted by molar-refractivity contribution is -0.118. The molecule has 0 aliphatic heterocycles. The van der Waals surface area contributed by atoms with Crippen LogP contribution in [0.3, 0.4) is 0 Å². The SMILES string of the molecule is CCCCNC(=NCc1ccc(NC(=O)C(C)C)cc1)NCC. The van der Waals surface area contributed by atoms with E-state index in [0.717, 1.165) is 43.1 Å². The normalized spacial score (nSPS) is 11.4. The van der Waals surface area contributed by atoms with Gasteiger partial charge in [-0.25, -0.2) is 4.99 Å². The summed E-state index contributed by atoms with van der Waals surface area (Å²) in [4.78, 5) is 16.2. The van der Waals surface area contributed by atoms with Crippen LogP contribution in [0, 0.1) is 5.92 Å². The zero-order valence-corrected chi connectivity index (χ0v) is 14.8. The first kappa shape index (κ1) is 19.0.